The van der Waals surface area contributed by atoms with E-state index >= 15 is 0 Å². The van der Waals surface area contributed by atoms with Crippen molar-refractivity contribution in [3.05, 3.63) is 17.5 Å². The molecule has 0 aromatic carbocycles. The van der Waals surface area contributed by atoms with E-state index in [2.05, 4.69) is 11.2 Å². The first kappa shape index (κ1) is 6.85. The molecule has 1 saturated carbocycles. The second-order valence-corrected chi connectivity index (χ2v) is 2.82. The fraction of sp³-hybridized carbons (Fsp3) is 0.625. The third kappa shape index (κ3) is 1.43. The molecule has 1 aromatic rings. The zero-order valence-electron chi connectivity index (χ0n) is 6.46. The highest BCUT2D eigenvalue weighted by Crippen LogP contribution is 2.39. The summed E-state index contributed by atoms with van der Waals surface area (Å²) < 4.78 is 9.85. The Labute approximate surface area is 65.3 Å². The number of hydrogen-bond acceptors (Lipinski definition) is 3. The van der Waals surface area contributed by atoms with Gasteiger partial charge < -0.3 is 9.26 Å². The minimum absolute atomic E-state index is 0.472. The van der Waals surface area contributed by atoms with Crippen LogP contribution in [0.25, 0.3) is 0 Å². The zero-order valence-corrected chi connectivity index (χ0v) is 6.46. The SMILES string of the molecule is COCc1[c]c(C2CC2)no1. The van der Waals surface area contributed by atoms with Crippen LogP contribution in [0.15, 0.2) is 4.52 Å². The second kappa shape index (κ2) is 2.66. The second-order valence-electron chi connectivity index (χ2n) is 2.82. The van der Waals surface area contributed by atoms with Gasteiger partial charge in [-0.05, 0) is 12.8 Å². The molecule has 59 valence electrons. The van der Waals surface area contributed by atoms with Crippen LogP contribution in [0.1, 0.15) is 30.2 Å². The fourth-order valence-corrected chi connectivity index (χ4v) is 1.02. The number of hydrogen-bond donors (Lipinski definition) is 0. The normalized spacial score (nSPS) is 17.2. The maximum absolute atomic E-state index is 4.98. The van der Waals surface area contributed by atoms with Gasteiger partial charge >= 0.3 is 0 Å². The number of rotatable bonds is 3. The molecule has 0 saturated heterocycles. The van der Waals surface area contributed by atoms with Gasteiger partial charge in [0.15, 0.2) is 5.76 Å². The number of ether oxygens (including phenoxy) is 1. The van der Waals surface area contributed by atoms with Crippen LogP contribution in [0.3, 0.4) is 0 Å². The van der Waals surface area contributed by atoms with Crippen molar-refractivity contribution in [1.29, 1.82) is 0 Å². The average molecular weight is 152 g/mol. The summed E-state index contributed by atoms with van der Waals surface area (Å²) in [4.78, 5) is 0. The molecule has 1 heterocycles. The predicted molar refractivity (Wildman–Crippen MR) is 38.0 cm³/mol. The molecule has 1 radical (unpaired) electrons. The van der Waals surface area contributed by atoms with E-state index in [1.807, 2.05) is 0 Å². The van der Waals surface area contributed by atoms with Crippen molar-refractivity contribution in [2.45, 2.75) is 25.4 Å². The van der Waals surface area contributed by atoms with Crippen LogP contribution in [0.4, 0.5) is 0 Å². The summed E-state index contributed by atoms with van der Waals surface area (Å²) in [7, 11) is 1.63. The smallest absolute Gasteiger partial charge is 0.170 e. The molecule has 11 heavy (non-hydrogen) atoms. The van der Waals surface area contributed by atoms with Crippen molar-refractivity contribution in [2.24, 2.45) is 0 Å². The Morgan fingerprint density at radius 2 is 2.55 bits per heavy atom. The molecule has 0 atom stereocenters. The Hall–Kier alpha value is -0.830. The van der Waals surface area contributed by atoms with E-state index in [1.165, 1.54) is 12.8 Å². The topological polar surface area (TPSA) is 35.3 Å². The Bertz CT molecular complexity index is 240. The van der Waals surface area contributed by atoms with Gasteiger partial charge in [0.05, 0.1) is 11.8 Å². The summed E-state index contributed by atoms with van der Waals surface area (Å²) in [6.07, 6.45) is 2.46. The highest BCUT2D eigenvalue weighted by Gasteiger charge is 2.27. The third-order valence-electron chi connectivity index (χ3n) is 1.76. The van der Waals surface area contributed by atoms with Crippen LogP contribution in [-0.2, 0) is 11.3 Å². The van der Waals surface area contributed by atoms with Gasteiger partial charge in [0.1, 0.15) is 6.61 Å². The molecule has 0 unspecified atom stereocenters. The maximum atomic E-state index is 4.98. The molecule has 1 aliphatic carbocycles. The summed E-state index contributed by atoms with van der Waals surface area (Å²) >= 11 is 0. The lowest BCUT2D eigenvalue weighted by Gasteiger charge is -1.86. The third-order valence-corrected chi connectivity index (χ3v) is 1.76. The van der Waals surface area contributed by atoms with Crippen molar-refractivity contribution in [3.8, 4) is 0 Å². The largest absolute Gasteiger partial charge is 0.377 e. The van der Waals surface area contributed by atoms with Gasteiger partial charge in [0, 0.05) is 13.0 Å². The quantitative estimate of drug-likeness (QED) is 0.658. The van der Waals surface area contributed by atoms with Crippen LogP contribution < -0.4 is 0 Å². The first-order valence-corrected chi connectivity index (χ1v) is 3.77. The number of nitrogens with zero attached hydrogens (tertiary/aromatic N) is 1. The summed E-state index contributed by atoms with van der Waals surface area (Å²) in [5.74, 6) is 1.32. The molecule has 0 N–H and O–H groups in total. The molecule has 0 spiro atoms. The lowest BCUT2D eigenvalue weighted by Crippen LogP contribution is -1.82. The van der Waals surface area contributed by atoms with Gasteiger partial charge in [-0.3, -0.25) is 0 Å². The molecule has 3 heteroatoms. The van der Waals surface area contributed by atoms with Crippen LogP contribution >= 0.6 is 0 Å². The molecule has 3 nitrogen and oxygen atoms in total. The van der Waals surface area contributed by atoms with E-state index in [9.17, 15) is 0 Å². The van der Waals surface area contributed by atoms with Crippen LogP contribution in [0.5, 0.6) is 0 Å². The van der Waals surface area contributed by atoms with Crippen LogP contribution in [0.2, 0.25) is 0 Å². The Kier molecular flexibility index (Phi) is 1.66. The fourth-order valence-electron chi connectivity index (χ4n) is 1.02. The molecule has 0 amide bonds. The average Bonchev–Trinajstić information content (AvgIpc) is 2.75. The lowest BCUT2D eigenvalue weighted by molar-refractivity contribution is 0.155. The first-order chi connectivity index (χ1) is 5.40. The van der Waals surface area contributed by atoms with Gasteiger partial charge in [0.2, 0.25) is 0 Å². The lowest BCUT2D eigenvalue weighted by atomic mass is 10.3. The highest BCUT2D eigenvalue weighted by atomic mass is 16.5. The first-order valence-electron chi connectivity index (χ1n) is 3.77. The van der Waals surface area contributed by atoms with Gasteiger partial charge in [-0.1, -0.05) is 5.16 Å². The molecular weight excluding hydrogens is 142 g/mol. The maximum Gasteiger partial charge on any atom is 0.170 e. The van der Waals surface area contributed by atoms with Gasteiger partial charge in [-0.25, -0.2) is 0 Å². The van der Waals surface area contributed by atoms with Crippen LogP contribution in [0, 0.1) is 6.07 Å². The highest BCUT2D eigenvalue weighted by molar-refractivity contribution is 5.13. The monoisotopic (exact) mass is 152 g/mol. The minimum atomic E-state index is 0.472. The molecule has 2 rings (SSSR count). The number of methoxy groups -OCH3 is 1. The van der Waals surface area contributed by atoms with Gasteiger partial charge in [-0.2, -0.15) is 0 Å². The summed E-state index contributed by atoms with van der Waals surface area (Å²) in [5, 5.41) is 3.89. The predicted octanol–water partition coefficient (Wildman–Crippen LogP) is 1.50. The molecule has 1 fully saturated rings. The van der Waals surface area contributed by atoms with E-state index in [1.54, 1.807) is 7.11 Å². The standard InChI is InChI=1S/C8H10NO2/c1-10-5-7-4-8(9-11-7)6-2-3-6/h6H,2-3,5H2,1H3. The minimum Gasteiger partial charge on any atom is -0.377 e. The Balaban J connectivity index is 2.06. The van der Waals surface area contributed by atoms with Crippen molar-refractivity contribution in [2.75, 3.05) is 7.11 Å². The van der Waals surface area contributed by atoms with Crippen molar-refractivity contribution < 1.29 is 9.26 Å². The molecule has 1 aromatic heterocycles. The van der Waals surface area contributed by atoms with E-state index in [0.717, 1.165) is 5.69 Å². The zero-order chi connectivity index (χ0) is 7.68. The van der Waals surface area contributed by atoms with Gasteiger partial charge in [0.25, 0.3) is 0 Å². The summed E-state index contributed by atoms with van der Waals surface area (Å²) in [6, 6.07) is 3.07. The summed E-state index contributed by atoms with van der Waals surface area (Å²) in [6.45, 7) is 0.472. The van der Waals surface area contributed by atoms with E-state index in [0.29, 0.717) is 18.3 Å². The summed E-state index contributed by atoms with van der Waals surface area (Å²) in [5.41, 5.74) is 0.969. The molecule has 0 aliphatic heterocycles. The van der Waals surface area contributed by atoms with E-state index in [4.69, 9.17) is 9.26 Å². The van der Waals surface area contributed by atoms with Crippen molar-refractivity contribution >= 4 is 0 Å². The molecule has 0 bridgehead atoms. The van der Waals surface area contributed by atoms with Crippen molar-refractivity contribution in [1.82, 2.24) is 5.16 Å². The van der Waals surface area contributed by atoms with Crippen LogP contribution in [-0.4, -0.2) is 12.3 Å². The molecule has 1 aliphatic rings. The van der Waals surface area contributed by atoms with E-state index in [-0.39, 0.29) is 0 Å². The van der Waals surface area contributed by atoms with Crippen molar-refractivity contribution in [3.63, 3.8) is 0 Å². The Morgan fingerprint density at radius 3 is 3.18 bits per heavy atom. The Morgan fingerprint density at radius 1 is 1.73 bits per heavy atom. The van der Waals surface area contributed by atoms with E-state index < -0.39 is 0 Å². The molecular formula is C8H10NO2. The van der Waals surface area contributed by atoms with Gasteiger partial charge in [-0.15, -0.1) is 0 Å². The number of aromatic nitrogens is 1.